The van der Waals surface area contributed by atoms with Crippen molar-refractivity contribution in [1.82, 2.24) is 4.90 Å². The predicted molar refractivity (Wildman–Crippen MR) is 83.1 cm³/mol. The van der Waals surface area contributed by atoms with E-state index >= 15 is 0 Å². The van der Waals surface area contributed by atoms with Gasteiger partial charge in [0.1, 0.15) is 16.0 Å². The van der Waals surface area contributed by atoms with Gasteiger partial charge in [0.15, 0.2) is 0 Å². The predicted octanol–water partition coefficient (Wildman–Crippen LogP) is 3.03. The highest BCUT2D eigenvalue weighted by molar-refractivity contribution is 8.26. The number of carboxylic acid groups (broad SMARTS) is 1. The monoisotopic (exact) mass is 343 g/mol. The Kier molecular flexibility index (Phi) is 5.25. The largest absolute Gasteiger partial charge is 0.481 e. The van der Waals surface area contributed by atoms with Crippen LogP contribution in [0, 0.1) is 11.6 Å². The van der Waals surface area contributed by atoms with Crippen molar-refractivity contribution in [2.75, 3.05) is 6.54 Å². The maximum absolute atomic E-state index is 13.6. The number of carbonyl (C=O) groups is 2. The number of nitrogens with zero attached hydrogens (tertiary/aromatic N) is 1. The Morgan fingerprint density at radius 1 is 1.36 bits per heavy atom. The van der Waals surface area contributed by atoms with Gasteiger partial charge in [0.05, 0.1) is 4.91 Å². The van der Waals surface area contributed by atoms with Crippen LogP contribution in [0.4, 0.5) is 8.78 Å². The van der Waals surface area contributed by atoms with Gasteiger partial charge in [0, 0.05) is 18.5 Å². The molecular weight excluding hydrogens is 332 g/mol. The second kappa shape index (κ2) is 6.97. The number of aliphatic carboxylic acids is 1. The molecule has 1 aliphatic rings. The quantitative estimate of drug-likeness (QED) is 0.658. The van der Waals surface area contributed by atoms with E-state index < -0.39 is 23.5 Å². The van der Waals surface area contributed by atoms with Gasteiger partial charge in [0.25, 0.3) is 5.91 Å². The highest BCUT2D eigenvalue weighted by atomic mass is 32.2. The summed E-state index contributed by atoms with van der Waals surface area (Å²) in [7, 11) is 0. The maximum Gasteiger partial charge on any atom is 0.303 e. The van der Waals surface area contributed by atoms with E-state index in [1.165, 1.54) is 11.0 Å². The number of hydrogen-bond donors (Lipinski definition) is 1. The smallest absolute Gasteiger partial charge is 0.303 e. The molecule has 1 fully saturated rings. The number of carboxylic acids is 1. The van der Waals surface area contributed by atoms with Crippen LogP contribution in [0.5, 0.6) is 0 Å². The fourth-order valence-corrected chi connectivity index (χ4v) is 3.15. The second-order valence-electron chi connectivity index (χ2n) is 4.47. The van der Waals surface area contributed by atoms with E-state index in [1.807, 2.05) is 0 Å². The summed E-state index contributed by atoms with van der Waals surface area (Å²) in [5, 5.41) is 8.59. The first-order valence-electron chi connectivity index (χ1n) is 6.31. The van der Waals surface area contributed by atoms with Crippen molar-refractivity contribution in [3.8, 4) is 0 Å². The van der Waals surface area contributed by atoms with Crippen LogP contribution < -0.4 is 0 Å². The van der Waals surface area contributed by atoms with E-state index in [0.29, 0.717) is 0 Å². The number of thiocarbonyl (C=S) groups is 1. The van der Waals surface area contributed by atoms with Gasteiger partial charge >= 0.3 is 5.97 Å². The average molecular weight is 343 g/mol. The molecular formula is C14H11F2NO3S2. The Morgan fingerprint density at radius 3 is 2.59 bits per heavy atom. The molecule has 0 atom stereocenters. The van der Waals surface area contributed by atoms with E-state index in [-0.39, 0.29) is 34.2 Å². The minimum atomic E-state index is -0.964. The third kappa shape index (κ3) is 3.69. The van der Waals surface area contributed by atoms with Gasteiger partial charge < -0.3 is 5.11 Å². The zero-order valence-electron chi connectivity index (χ0n) is 11.2. The first-order chi connectivity index (χ1) is 10.4. The molecule has 1 aliphatic heterocycles. The Labute approximate surface area is 134 Å². The van der Waals surface area contributed by atoms with Crippen molar-refractivity contribution in [2.24, 2.45) is 0 Å². The van der Waals surface area contributed by atoms with Crippen LogP contribution in [0.15, 0.2) is 23.1 Å². The van der Waals surface area contributed by atoms with Gasteiger partial charge in [-0.25, -0.2) is 8.78 Å². The van der Waals surface area contributed by atoms with Crippen molar-refractivity contribution in [3.63, 3.8) is 0 Å². The highest BCUT2D eigenvalue weighted by Crippen LogP contribution is 2.33. The summed E-state index contributed by atoms with van der Waals surface area (Å²) in [5.74, 6) is -2.97. The zero-order chi connectivity index (χ0) is 16.3. The Bertz CT molecular complexity index is 656. The first kappa shape index (κ1) is 16.6. The summed E-state index contributed by atoms with van der Waals surface area (Å²) in [6, 6.07) is 3.43. The molecule has 0 spiro atoms. The molecule has 1 aromatic carbocycles. The van der Waals surface area contributed by atoms with Crippen LogP contribution >= 0.6 is 24.0 Å². The number of rotatable bonds is 5. The third-order valence-electron chi connectivity index (χ3n) is 2.92. The van der Waals surface area contributed by atoms with Gasteiger partial charge in [-0.1, -0.05) is 30.0 Å². The fraction of sp³-hybridized carbons (Fsp3) is 0.214. The van der Waals surface area contributed by atoms with Gasteiger partial charge in [-0.3, -0.25) is 14.5 Å². The van der Waals surface area contributed by atoms with Crippen molar-refractivity contribution >= 4 is 46.3 Å². The van der Waals surface area contributed by atoms with Gasteiger partial charge in [-0.2, -0.15) is 0 Å². The lowest BCUT2D eigenvalue weighted by Crippen LogP contribution is -2.29. The van der Waals surface area contributed by atoms with Gasteiger partial charge in [-0.05, 0) is 24.6 Å². The van der Waals surface area contributed by atoms with Gasteiger partial charge in [0.2, 0.25) is 0 Å². The molecule has 0 unspecified atom stereocenters. The van der Waals surface area contributed by atoms with Crippen LogP contribution in [0.1, 0.15) is 18.4 Å². The maximum atomic E-state index is 13.6. The highest BCUT2D eigenvalue weighted by Gasteiger charge is 2.32. The average Bonchev–Trinajstić information content (AvgIpc) is 2.70. The van der Waals surface area contributed by atoms with Crippen LogP contribution in [-0.2, 0) is 9.59 Å². The van der Waals surface area contributed by atoms with E-state index in [9.17, 15) is 18.4 Å². The summed E-state index contributed by atoms with van der Waals surface area (Å²) in [4.78, 5) is 24.0. The molecule has 0 saturated carbocycles. The molecule has 1 amide bonds. The molecule has 1 heterocycles. The summed E-state index contributed by atoms with van der Waals surface area (Å²) in [6.07, 6.45) is 1.29. The summed E-state index contributed by atoms with van der Waals surface area (Å²) in [6.45, 7) is 0.161. The number of thioether (sulfide) groups is 1. The van der Waals surface area contributed by atoms with Crippen LogP contribution in [0.3, 0.4) is 0 Å². The number of benzene rings is 1. The second-order valence-corrected chi connectivity index (χ2v) is 6.14. The molecule has 22 heavy (non-hydrogen) atoms. The Morgan fingerprint density at radius 2 is 2.00 bits per heavy atom. The number of halogens is 2. The Balaban J connectivity index is 2.17. The first-order valence-corrected chi connectivity index (χ1v) is 7.54. The number of hydrogen-bond acceptors (Lipinski definition) is 4. The topological polar surface area (TPSA) is 57.6 Å². The molecule has 1 saturated heterocycles. The summed E-state index contributed by atoms with van der Waals surface area (Å²) < 4.78 is 27.4. The molecule has 2 rings (SSSR count). The molecule has 8 heteroatoms. The van der Waals surface area contributed by atoms with Crippen LogP contribution in [0.2, 0.25) is 0 Å². The molecule has 0 aliphatic carbocycles. The lowest BCUT2D eigenvalue weighted by molar-refractivity contribution is -0.137. The molecule has 1 N–H and O–H groups in total. The Hall–Kier alpha value is -1.80. The lowest BCUT2D eigenvalue weighted by atomic mass is 10.2. The summed E-state index contributed by atoms with van der Waals surface area (Å²) >= 11 is 5.99. The van der Waals surface area contributed by atoms with Crippen LogP contribution in [0.25, 0.3) is 6.08 Å². The molecule has 0 radical (unpaired) electrons. The number of amides is 1. The van der Waals surface area contributed by atoms with Crippen molar-refractivity contribution in [2.45, 2.75) is 12.8 Å². The van der Waals surface area contributed by atoms with Crippen molar-refractivity contribution in [1.29, 1.82) is 0 Å². The molecule has 116 valence electrons. The molecule has 0 bridgehead atoms. The van der Waals surface area contributed by atoms with Gasteiger partial charge in [-0.15, -0.1) is 0 Å². The van der Waals surface area contributed by atoms with E-state index in [4.69, 9.17) is 17.3 Å². The standard InChI is InChI=1S/C14H11F2NO3S2/c15-9-3-1-4-10(16)8(9)7-11-13(20)17(14(21)22-11)6-2-5-12(18)19/h1,3-4,7H,2,5-6H2,(H,18,19)/b11-7-. The van der Waals surface area contributed by atoms with Crippen LogP contribution in [-0.4, -0.2) is 32.7 Å². The van der Waals surface area contributed by atoms with E-state index in [0.717, 1.165) is 30.0 Å². The third-order valence-corrected chi connectivity index (χ3v) is 4.30. The SMILES string of the molecule is O=C(O)CCCN1C(=O)/C(=C/c2c(F)cccc2F)SC1=S. The van der Waals surface area contributed by atoms with E-state index in [2.05, 4.69) is 0 Å². The van der Waals surface area contributed by atoms with E-state index in [1.54, 1.807) is 0 Å². The summed E-state index contributed by atoms with van der Waals surface area (Å²) in [5.41, 5.74) is -0.298. The molecule has 4 nitrogen and oxygen atoms in total. The fourth-order valence-electron chi connectivity index (χ4n) is 1.86. The minimum Gasteiger partial charge on any atom is -0.481 e. The number of carbonyl (C=O) groups excluding carboxylic acids is 1. The molecule has 0 aromatic heterocycles. The van der Waals surface area contributed by atoms with Crippen molar-refractivity contribution < 1.29 is 23.5 Å². The normalized spacial score (nSPS) is 16.6. The zero-order valence-corrected chi connectivity index (χ0v) is 12.8. The van der Waals surface area contributed by atoms with Crippen molar-refractivity contribution in [3.05, 3.63) is 40.3 Å². The minimum absolute atomic E-state index is 0.0853. The lowest BCUT2D eigenvalue weighted by Gasteiger charge is -2.13. The molecule has 1 aromatic rings.